The van der Waals surface area contributed by atoms with Gasteiger partial charge in [0, 0.05) is 36.0 Å². The summed E-state index contributed by atoms with van der Waals surface area (Å²) >= 11 is 0. The largest absolute Gasteiger partial charge is 0.322 e. The first-order valence-corrected chi connectivity index (χ1v) is 8.41. The van der Waals surface area contributed by atoms with Gasteiger partial charge in [-0.25, -0.2) is 19.2 Å². The molecule has 2 amide bonds. The van der Waals surface area contributed by atoms with Crippen molar-refractivity contribution in [1.29, 1.82) is 0 Å². The smallest absolute Gasteiger partial charge is 0.320 e. The maximum absolute atomic E-state index is 13.1. The van der Waals surface area contributed by atoms with Crippen molar-refractivity contribution in [3.05, 3.63) is 77.9 Å². The number of hydrogen-bond acceptors (Lipinski definition) is 3. The molecule has 2 aromatic carbocycles. The molecule has 1 aromatic heterocycles. The van der Waals surface area contributed by atoms with Crippen LogP contribution < -0.4 is 5.32 Å². The Kier molecular flexibility index (Phi) is 4.31. The van der Waals surface area contributed by atoms with Gasteiger partial charge in [-0.15, -0.1) is 0 Å². The van der Waals surface area contributed by atoms with Crippen LogP contribution in [0.4, 0.5) is 14.9 Å². The molecule has 0 saturated carbocycles. The summed E-state index contributed by atoms with van der Waals surface area (Å²) in [4.78, 5) is 23.2. The molecule has 0 aliphatic carbocycles. The van der Waals surface area contributed by atoms with Gasteiger partial charge in [-0.1, -0.05) is 18.2 Å². The van der Waals surface area contributed by atoms with Crippen molar-refractivity contribution < 1.29 is 9.18 Å². The minimum Gasteiger partial charge on any atom is -0.320 e. The lowest BCUT2D eigenvalue weighted by molar-refractivity contribution is 0.206. The molecule has 0 unspecified atom stereocenters. The predicted octanol–water partition coefficient (Wildman–Crippen LogP) is 3.87. The molecule has 1 N–H and O–H groups in total. The molecule has 2 heterocycles. The second kappa shape index (κ2) is 6.92. The van der Waals surface area contributed by atoms with Gasteiger partial charge in [0.15, 0.2) is 5.82 Å². The lowest BCUT2D eigenvalue weighted by atomic mass is 10.1. The number of rotatable bonds is 2. The topological polar surface area (TPSA) is 58.1 Å². The van der Waals surface area contributed by atoms with E-state index in [2.05, 4.69) is 15.3 Å². The van der Waals surface area contributed by atoms with E-state index in [1.807, 2.05) is 30.3 Å². The molecule has 130 valence electrons. The summed E-state index contributed by atoms with van der Waals surface area (Å²) in [5.41, 5.74) is 3.41. The van der Waals surface area contributed by atoms with Gasteiger partial charge >= 0.3 is 6.03 Å². The van der Waals surface area contributed by atoms with E-state index in [4.69, 9.17) is 0 Å². The number of nitrogens with one attached hydrogen (secondary N) is 1. The highest BCUT2D eigenvalue weighted by Gasteiger charge is 2.22. The summed E-state index contributed by atoms with van der Waals surface area (Å²) in [5.74, 6) is 0.290. The summed E-state index contributed by atoms with van der Waals surface area (Å²) < 4.78 is 13.1. The molecule has 0 fully saturated rings. The highest BCUT2D eigenvalue weighted by Crippen LogP contribution is 2.22. The monoisotopic (exact) mass is 348 g/mol. The Morgan fingerprint density at radius 2 is 1.85 bits per heavy atom. The molecule has 0 atom stereocenters. The van der Waals surface area contributed by atoms with Gasteiger partial charge in [0.25, 0.3) is 0 Å². The molecule has 0 radical (unpaired) electrons. The second-order valence-corrected chi connectivity index (χ2v) is 6.14. The molecule has 0 bridgehead atoms. The first kappa shape index (κ1) is 16.2. The Bertz CT molecular complexity index is 928. The number of halogens is 1. The molecule has 1 aliphatic heterocycles. The fraction of sp³-hybridized carbons (Fsp3) is 0.150. The number of amides is 2. The van der Waals surface area contributed by atoms with Crippen LogP contribution in [0.3, 0.4) is 0 Å². The first-order valence-electron chi connectivity index (χ1n) is 8.41. The fourth-order valence-electron chi connectivity index (χ4n) is 2.95. The Morgan fingerprint density at radius 3 is 2.62 bits per heavy atom. The van der Waals surface area contributed by atoms with Crippen molar-refractivity contribution >= 4 is 11.7 Å². The molecule has 5 nitrogen and oxygen atoms in total. The minimum atomic E-state index is -0.285. The molecule has 26 heavy (non-hydrogen) atoms. The van der Waals surface area contributed by atoms with E-state index in [-0.39, 0.29) is 11.8 Å². The van der Waals surface area contributed by atoms with E-state index in [0.29, 0.717) is 25.3 Å². The van der Waals surface area contributed by atoms with Crippen molar-refractivity contribution in [3.63, 3.8) is 0 Å². The van der Waals surface area contributed by atoms with Crippen LogP contribution >= 0.6 is 0 Å². The van der Waals surface area contributed by atoms with E-state index in [1.54, 1.807) is 23.2 Å². The van der Waals surface area contributed by atoms with E-state index in [1.165, 1.54) is 12.1 Å². The standard InChI is InChI=1S/C20H17FN4O/c21-16-8-6-14(7-9-16)19-22-12-15-13-25(11-10-18(15)24-19)20(26)23-17-4-2-1-3-5-17/h1-9,12H,10-11,13H2,(H,23,26). The average molecular weight is 348 g/mol. The van der Waals surface area contributed by atoms with Gasteiger partial charge in [-0.05, 0) is 36.4 Å². The number of urea groups is 1. The second-order valence-electron chi connectivity index (χ2n) is 6.14. The van der Waals surface area contributed by atoms with Gasteiger partial charge in [-0.3, -0.25) is 0 Å². The Hall–Kier alpha value is -3.28. The third-order valence-corrected chi connectivity index (χ3v) is 4.35. The number of para-hydroxylation sites is 1. The SMILES string of the molecule is O=C(Nc1ccccc1)N1CCc2nc(-c3ccc(F)cc3)ncc2C1. The number of nitrogens with zero attached hydrogens (tertiary/aromatic N) is 3. The molecular formula is C20H17FN4O. The number of benzene rings is 2. The normalized spacial score (nSPS) is 13.2. The summed E-state index contributed by atoms with van der Waals surface area (Å²) in [6.07, 6.45) is 2.41. The summed E-state index contributed by atoms with van der Waals surface area (Å²) in [6, 6.07) is 15.4. The highest BCUT2D eigenvalue weighted by atomic mass is 19.1. The number of carbonyl (C=O) groups excluding carboxylic acids is 1. The summed E-state index contributed by atoms with van der Waals surface area (Å²) in [5, 5.41) is 2.90. The Morgan fingerprint density at radius 1 is 1.08 bits per heavy atom. The van der Waals surface area contributed by atoms with Crippen LogP contribution in [0, 0.1) is 5.82 Å². The van der Waals surface area contributed by atoms with E-state index in [9.17, 15) is 9.18 Å². The molecule has 0 spiro atoms. The predicted molar refractivity (Wildman–Crippen MR) is 97.0 cm³/mol. The first-order chi connectivity index (χ1) is 12.7. The number of fused-ring (bicyclic) bond motifs is 1. The maximum atomic E-state index is 13.1. The van der Waals surface area contributed by atoms with E-state index < -0.39 is 0 Å². The third-order valence-electron chi connectivity index (χ3n) is 4.35. The molecule has 1 aliphatic rings. The van der Waals surface area contributed by atoms with Gasteiger partial charge in [0.1, 0.15) is 5.82 Å². The fourth-order valence-corrected chi connectivity index (χ4v) is 2.95. The average Bonchev–Trinajstić information content (AvgIpc) is 2.68. The third kappa shape index (κ3) is 3.39. The Balaban J connectivity index is 1.49. The van der Waals surface area contributed by atoms with E-state index >= 15 is 0 Å². The lowest BCUT2D eigenvalue weighted by Crippen LogP contribution is -2.39. The molecule has 3 aromatic rings. The van der Waals surface area contributed by atoms with Crippen molar-refractivity contribution in [2.75, 3.05) is 11.9 Å². The maximum Gasteiger partial charge on any atom is 0.322 e. The number of anilines is 1. The highest BCUT2D eigenvalue weighted by molar-refractivity contribution is 5.89. The lowest BCUT2D eigenvalue weighted by Gasteiger charge is -2.28. The van der Waals surface area contributed by atoms with Gasteiger partial charge in [-0.2, -0.15) is 0 Å². The number of carbonyl (C=O) groups is 1. The van der Waals surface area contributed by atoms with Crippen LogP contribution in [0.25, 0.3) is 11.4 Å². The quantitative estimate of drug-likeness (QED) is 0.765. The van der Waals surface area contributed by atoms with Crippen LogP contribution in [-0.2, 0) is 13.0 Å². The Labute approximate surface area is 150 Å². The van der Waals surface area contributed by atoms with Crippen molar-refractivity contribution in [2.24, 2.45) is 0 Å². The van der Waals surface area contributed by atoms with E-state index in [0.717, 1.165) is 22.5 Å². The zero-order valence-electron chi connectivity index (χ0n) is 14.0. The molecule has 0 saturated heterocycles. The van der Waals surface area contributed by atoms with Crippen molar-refractivity contribution in [3.8, 4) is 11.4 Å². The molecular weight excluding hydrogens is 331 g/mol. The van der Waals surface area contributed by atoms with Crippen molar-refractivity contribution in [1.82, 2.24) is 14.9 Å². The van der Waals surface area contributed by atoms with Crippen molar-refractivity contribution in [2.45, 2.75) is 13.0 Å². The number of hydrogen-bond donors (Lipinski definition) is 1. The summed E-state index contributed by atoms with van der Waals surface area (Å²) in [7, 11) is 0. The van der Waals surface area contributed by atoms with Crippen LogP contribution in [0.2, 0.25) is 0 Å². The molecule has 6 heteroatoms. The summed E-state index contributed by atoms with van der Waals surface area (Å²) in [6.45, 7) is 1.06. The van der Waals surface area contributed by atoms with Crippen LogP contribution in [0.5, 0.6) is 0 Å². The van der Waals surface area contributed by atoms with Crippen LogP contribution in [-0.4, -0.2) is 27.4 Å². The minimum absolute atomic E-state index is 0.135. The van der Waals surface area contributed by atoms with Crippen LogP contribution in [0.1, 0.15) is 11.3 Å². The van der Waals surface area contributed by atoms with Crippen LogP contribution in [0.15, 0.2) is 60.8 Å². The number of aromatic nitrogens is 2. The van der Waals surface area contributed by atoms with Gasteiger partial charge < -0.3 is 10.2 Å². The zero-order chi connectivity index (χ0) is 17.9. The molecule has 4 rings (SSSR count). The van der Waals surface area contributed by atoms with Gasteiger partial charge in [0.2, 0.25) is 0 Å². The van der Waals surface area contributed by atoms with Gasteiger partial charge in [0.05, 0.1) is 12.2 Å². The zero-order valence-corrected chi connectivity index (χ0v) is 14.0.